The Kier molecular flexibility index (Phi) is 4.86. The van der Waals surface area contributed by atoms with Crippen LogP contribution in [0.4, 0.5) is 0 Å². The van der Waals surface area contributed by atoms with Crippen LogP contribution >= 0.6 is 0 Å². The molecule has 0 bridgehead atoms. The van der Waals surface area contributed by atoms with Crippen molar-refractivity contribution in [1.29, 1.82) is 0 Å². The molecule has 2 N–H and O–H groups in total. The molecule has 1 unspecified atom stereocenters. The molecule has 0 saturated carbocycles. The zero-order valence-corrected chi connectivity index (χ0v) is 7.63. The average molecular weight is 158 g/mol. The highest BCUT2D eigenvalue weighted by Crippen LogP contribution is 2.01. The standard InChI is InChI=1S/C8H18N2O/c1-4-10(5-2)7(3)6-8(9)11/h7H,4-6H2,1-3H3,(H2,9,11). The Morgan fingerprint density at radius 1 is 1.45 bits per heavy atom. The van der Waals surface area contributed by atoms with Crippen LogP contribution in [0, 0.1) is 0 Å². The molecule has 3 nitrogen and oxygen atoms in total. The fraction of sp³-hybridized carbons (Fsp3) is 0.875. The zero-order chi connectivity index (χ0) is 8.85. The van der Waals surface area contributed by atoms with Crippen molar-refractivity contribution >= 4 is 5.91 Å². The van der Waals surface area contributed by atoms with Gasteiger partial charge in [0.15, 0.2) is 0 Å². The Morgan fingerprint density at radius 3 is 2.18 bits per heavy atom. The van der Waals surface area contributed by atoms with Gasteiger partial charge in [0.2, 0.25) is 5.91 Å². The van der Waals surface area contributed by atoms with Gasteiger partial charge in [-0.2, -0.15) is 0 Å². The second-order valence-corrected chi connectivity index (χ2v) is 2.74. The van der Waals surface area contributed by atoms with Crippen molar-refractivity contribution in [2.24, 2.45) is 5.73 Å². The third-order valence-electron chi connectivity index (χ3n) is 1.93. The van der Waals surface area contributed by atoms with Crippen LogP contribution in [0.25, 0.3) is 0 Å². The lowest BCUT2D eigenvalue weighted by molar-refractivity contribution is -0.119. The molecule has 0 radical (unpaired) electrons. The molecule has 0 aliphatic rings. The molecule has 0 aliphatic heterocycles. The maximum absolute atomic E-state index is 10.5. The Labute approximate surface area is 68.6 Å². The van der Waals surface area contributed by atoms with Gasteiger partial charge in [-0.25, -0.2) is 0 Å². The molecule has 66 valence electrons. The first kappa shape index (κ1) is 10.4. The number of hydrogen-bond donors (Lipinski definition) is 1. The monoisotopic (exact) mass is 158 g/mol. The van der Waals surface area contributed by atoms with Gasteiger partial charge in [-0.05, 0) is 20.0 Å². The predicted molar refractivity (Wildman–Crippen MR) is 46.2 cm³/mol. The van der Waals surface area contributed by atoms with Gasteiger partial charge in [-0.15, -0.1) is 0 Å². The van der Waals surface area contributed by atoms with E-state index in [4.69, 9.17) is 5.73 Å². The van der Waals surface area contributed by atoms with Gasteiger partial charge in [0, 0.05) is 12.5 Å². The van der Waals surface area contributed by atoms with E-state index in [1.165, 1.54) is 0 Å². The molecule has 1 atom stereocenters. The van der Waals surface area contributed by atoms with Crippen molar-refractivity contribution in [3.05, 3.63) is 0 Å². The van der Waals surface area contributed by atoms with Gasteiger partial charge < -0.3 is 10.6 Å². The lowest BCUT2D eigenvalue weighted by Gasteiger charge is -2.24. The molecule has 0 heterocycles. The molecule has 0 rings (SSSR count). The van der Waals surface area contributed by atoms with Crippen LogP contribution in [0.15, 0.2) is 0 Å². The molecule has 0 aromatic heterocycles. The van der Waals surface area contributed by atoms with Crippen LogP contribution in [-0.2, 0) is 4.79 Å². The zero-order valence-electron chi connectivity index (χ0n) is 7.63. The van der Waals surface area contributed by atoms with Gasteiger partial charge >= 0.3 is 0 Å². The third-order valence-corrected chi connectivity index (χ3v) is 1.93. The third kappa shape index (κ3) is 3.98. The van der Waals surface area contributed by atoms with Gasteiger partial charge in [-0.3, -0.25) is 4.79 Å². The van der Waals surface area contributed by atoms with E-state index in [1.807, 2.05) is 6.92 Å². The molecule has 11 heavy (non-hydrogen) atoms. The molecule has 0 saturated heterocycles. The lowest BCUT2D eigenvalue weighted by Crippen LogP contribution is -2.35. The van der Waals surface area contributed by atoms with E-state index < -0.39 is 0 Å². The second-order valence-electron chi connectivity index (χ2n) is 2.74. The maximum atomic E-state index is 10.5. The highest BCUT2D eigenvalue weighted by Gasteiger charge is 2.11. The fourth-order valence-corrected chi connectivity index (χ4v) is 1.27. The number of primary amides is 1. The minimum atomic E-state index is -0.218. The largest absolute Gasteiger partial charge is 0.370 e. The van der Waals surface area contributed by atoms with Crippen LogP contribution in [-0.4, -0.2) is 29.9 Å². The highest BCUT2D eigenvalue weighted by atomic mass is 16.1. The summed E-state index contributed by atoms with van der Waals surface area (Å²) in [7, 11) is 0. The summed E-state index contributed by atoms with van der Waals surface area (Å²) in [6.07, 6.45) is 0.460. The van der Waals surface area contributed by atoms with E-state index in [0.717, 1.165) is 13.1 Å². The number of hydrogen-bond acceptors (Lipinski definition) is 2. The van der Waals surface area contributed by atoms with E-state index in [9.17, 15) is 4.79 Å². The molecule has 0 aromatic rings. The van der Waals surface area contributed by atoms with Crippen molar-refractivity contribution in [2.75, 3.05) is 13.1 Å². The maximum Gasteiger partial charge on any atom is 0.218 e. The van der Waals surface area contributed by atoms with E-state index in [0.29, 0.717) is 6.42 Å². The Balaban J connectivity index is 3.78. The SMILES string of the molecule is CCN(CC)C(C)CC(N)=O. The Morgan fingerprint density at radius 2 is 1.91 bits per heavy atom. The van der Waals surface area contributed by atoms with Crippen molar-refractivity contribution in [3.8, 4) is 0 Å². The molecule has 0 aliphatic carbocycles. The first-order chi connectivity index (χ1) is 5.11. The second kappa shape index (κ2) is 5.13. The topological polar surface area (TPSA) is 46.3 Å². The van der Waals surface area contributed by atoms with Crippen LogP contribution in [0.3, 0.4) is 0 Å². The molecule has 0 aromatic carbocycles. The summed E-state index contributed by atoms with van der Waals surface area (Å²) in [4.78, 5) is 12.8. The lowest BCUT2D eigenvalue weighted by atomic mass is 10.2. The van der Waals surface area contributed by atoms with Gasteiger partial charge in [-0.1, -0.05) is 13.8 Å². The summed E-state index contributed by atoms with van der Waals surface area (Å²) in [6, 6.07) is 0.280. The summed E-state index contributed by atoms with van der Waals surface area (Å²) in [5.41, 5.74) is 5.07. The van der Waals surface area contributed by atoms with E-state index in [-0.39, 0.29) is 11.9 Å². The summed E-state index contributed by atoms with van der Waals surface area (Å²) < 4.78 is 0. The molecule has 1 amide bonds. The fourth-order valence-electron chi connectivity index (χ4n) is 1.27. The first-order valence-electron chi connectivity index (χ1n) is 4.14. The summed E-state index contributed by atoms with van der Waals surface area (Å²) in [5.74, 6) is -0.218. The quantitative estimate of drug-likeness (QED) is 0.636. The van der Waals surface area contributed by atoms with Crippen molar-refractivity contribution < 1.29 is 4.79 Å². The van der Waals surface area contributed by atoms with Gasteiger partial charge in [0.05, 0.1) is 0 Å². The van der Waals surface area contributed by atoms with Crippen molar-refractivity contribution in [1.82, 2.24) is 4.90 Å². The molecular formula is C8H18N2O. The number of amides is 1. The minimum Gasteiger partial charge on any atom is -0.370 e. The summed E-state index contributed by atoms with van der Waals surface area (Å²) in [5, 5.41) is 0. The number of nitrogens with zero attached hydrogens (tertiary/aromatic N) is 1. The van der Waals surface area contributed by atoms with Crippen LogP contribution < -0.4 is 5.73 Å². The summed E-state index contributed by atoms with van der Waals surface area (Å²) >= 11 is 0. The molecular weight excluding hydrogens is 140 g/mol. The number of carbonyl (C=O) groups is 1. The van der Waals surface area contributed by atoms with Crippen LogP contribution in [0.2, 0.25) is 0 Å². The number of nitrogens with two attached hydrogens (primary N) is 1. The molecule has 3 heteroatoms. The van der Waals surface area contributed by atoms with Gasteiger partial charge in [0.25, 0.3) is 0 Å². The minimum absolute atomic E-state index is 0.218. The van der Waals surface area contributed by atoms with E-state index in [1.54, 1.807) is 0 Å². The van der Waals surface area contributed by atoms with Crippen LogP contribution in [0.1, 0.15) is 27.2 Å². The summed E-state index contributed by atoms with van der Waals surface area (Å²) in [6.45, 7) is 8.15. The number of rotatable bonds is 5. The van der Waals surface area contributed by atoms with Crippen molar-refractivity contribution in [3.63, 3.8) is 0 Å². The van der Waals surface area contributed by atoms with Gasteiger partial charge in [0.1, 0.15) is 0 Å². The Bertz CT molecular complexity index is 121. The Hall–Kier alpha value is -0.570. The number of carbonyl (C=O) groups excluding carboxylic acids is 1. The highest BCUT2D eigenvalue weighted by molar-refractivity contribution is 5.74. The molecule has 0 spiro atoms. The van der Waals surface area contributed by atoms with E-state index in [2.05, 4.69) is 18.7 Å². The first-order valence-corrected chi connectivity index (χ1v) is 4.14. The van der Waals surface area contributed by atoms with Crippen molar-refractivity contribution in [2.45, 2.75) is 33.2 Å². The normalized spacial score (nSPS) is 13.5. The average Bonchev–Trinajstić information content (AvgIpc) is 1.88. The van der Waals surface area contributed by atoms with E-state index >= 15 is 0 Å². The predicted octanol–water partition coefficient (Wildman–Crippen LogP) is 0.592. The molecule has 0 fully saturated rings. The van der Waals surface area contributed by atoms with Crippen LogP contribution in [0.5, 0.6) is 0 Å². The smallest absolute Gasteiger partial charge is 0.218 e.